The topological polar surface area (TPSA) is 39.7 Å². The number of likely N-dealkylation sites (tertiary alicyclic amines) is 1. The highest BCUT2D eigenvalue weighted by atomic mass is 127. The fourth-order valence-electron chi connectivity index (χ4n) is 3.18. The quantitative estimate of drug-likeness (QED) is 0.413. The van der Waals surface area contributed by atoms with Gasteiger partial charge >= 0.3 is 0 Å². The van der Waals surface area contributed by atoms with Crippen LogP contribution in [0.5, 0.6) is 0 Å². The highest BCUT2D eigenvalue weighted by molar-refractivity contribution is 14.0. The molecule has 0 spiro atoms. The van der Waals surface area contributed by atoms with Crippen LogP contribution in [0.15, 0.2) is 17.1 Å². The molecule has 1 aromatic rings. The van der Waals surface area contributed by atoms with Gasteiger partial charge in [0, 0.05) is 42.0 Å². The molecule has 23 heavy (non-hydrogen) atoms. The molecule has 0 bridgehead atoms. The summed E-state index contributed by atoms with van der Waals surface area (Å²) in [4.78, 5) is 9.86. The van der Waals surface area contributed by atoms with E-state index < -0.39 is 0 Å². The van der Waals surface area contributed by atoms with Crippen molar-refractivity contribution in [3.8, 4) is 0 Å². The highest BCUT2D eigenvalue weighted by Crippen LogP contribution is 2.31. The van der Waals surface area contributed by atoms with Crippen molar-refractivity contribution in [3.63, 3.8) is 0 Å². The minimum atomic E-state index is 0. The molecule has 1 aliphatic heterocycles. The van der Waals surface area contributed by atoms with Crippen LogP contribution in [0.1, 0.15) is 36.4 Å². The number of halogens is 1. The monoisotopic (exact) mass is 448 g/mol. The van der Waals surface area contributed by atoms with Gasteiger partial charge in [-0.05, 0) is 37.3 Å². The second-order valence-electron chi connectivity index (χ2n) is 6.56. The first-order valence-electron chi connectivity index (χ1n) is 8.48. The van der Waals surface area contributed by atoms with Crippen LogP contribution in [-0.2, 0) is 13.0 Å². The third kappa shape index (κ3) is 5.06. The zero-order valence-electron chi connectivity index (χ0n) is 14.3. The first kappa shape index (κ1) is 19.0. The van der Waals surface area contributed by atoms with E-state index in [1.54, 1.807) is 0 Å². The van der Waals surface area contributed by atoms with Crippen molar-refractivity contribution in [2.75, 3.05) is 20.1 Å². The fraction of sp³-hybridized carbons (Fsp3) is 0.706. The zero-order chi connectivity index (χ0) is 15.5. The maximum Gasteiger partial charge on any atom is 0.191 e. The van der Waals surface area contributed by atoms with Crippen molar-refractivity contribution in [2.24, 2.45) is 10.9 Å². The molecular formula is C17H29IN4S. The average molecular weight is 448 g/mol. The number of guanidine groups is 1. The number of hydrogen-bond acceptors (Lipinski definition) is 3. The Hall–Kier alpha value is -0.340. The van der Waals surface area contributed by atoms with E-state index in [4.69, 9.17) is 0 Å². The molecule has 2 heterocycles. The van der Waals surface area contributed by atoms with Gasteiger partial charge in [-0.1, -0.05) is 13.8 Å². The summed E-state index contributed by atoms with van der Waals surface area (Å²) < 4.78 is 0. The van der Waals surface area contributed by atoms with Crippen molar-refractivity contribution in [2.45, 2.75) is 51.7 Å². The van der Waals surface area contributed by atoms with Crippen LogP contribution in [0.4, 0.5) is 0 Å². The van der Waals surface area contributed by atoms with E-state index in [-0.39, 0.29) is 24.0 Å². The van der Waals surface area contributed by atoms with Gasteiger partial charge in [-0.15, -0.1) is 35.3 Å². The Labute approximate surface area is 161 Å². The average Bonchev–Trinajstić information content (AvgIpc) is 3.17. The minimum Gasteiger partial charge on any atom is -0.352 e. The largest absolute Gasteiger partial charge is 0.352 e. The van der Waals surface area contributed by atoms with Gasteiger partial charge in [-0.3, -0.25) is 9.89 Å². The molecule has 1 saturated heterocycles. The second-order valence-corrected chi connectivity index (χ2v) is 7.81. The van der Waals surface area contributed by atoms with Gasteiger partial charge < -0.3 is 10.6 Å². The van der Waals surface area contributed by atoms with Crippen LogP contribution in [0.25, 0.3) is 0 Å². The molecule has 1 aliphatic carbocycles. The minimum absolute atomic E-state index is 0. The molecule has 1 aromatic heterocycles. The van der Waals surface area contributed by atoms with E-state index >= 15 is 0 Å². The third-order valence-electron chi connectivity index (χ3n) is 4.75. The smallest absolute Gasteiger partial charge is 0.191 e. The first-order valence-corrected chi connectivity index (χ1v) is 9.30. The van der Waals surface area contributed by atoms with Gasteiger partial charge in [0.15, 0.2) is 5.96 Å². The maximum absolute atomic E-state index is 4.39. The van der Waals surface area contributed by atoms with Gasteiger partial charge in [-0.2, -0.15) is 0 Å². The number of aliphatic imine (C=N–C) groups is 1. The lowest BCUT2D eigenvalue weighted by molar-refractivity contribution is 0.315. The predicted molar refractivity (Wildman–Crippen MR) is 110 cm³/mol. The molecular weight excluding hydrogens is 419 g/mol. The van der Waals surface area contributed by atoms with Crippen LogP contribution in [-0.4, -0.2) is 43.1 Å². The molecule has 3 rings (SSSR count). The molecule has 0 radical (unpaired) electrons. The van der Waals surface area contributed by atoms with E-state index in [2.05, 4.69) is 46.5 Å². The Morgan fingerprint density at radius 2 is 2.04 bits per heavy atom. The molecule has 0 amide bonds. The normalized spacial score (nSPS) is 25.3. The Morgan fingerprint density at radius 3 is 2.65 bits per heavy atom. The lowest BCUT2D eigenvalue weighted by Gasteiger charge is -2.20. The summed E-state index contributed by atoms with van der Waals surface area (Å²) in [5.41, 5.74) is 0. The zero-order valence-corrected chi connectivity index (χ0v) is 17.5. The summed E-state index contributed by atoms with van der Waals surface area (Å²) in [6.07, 6.45) is 3.91. The van der Waals surface area contributed by atoms with Gasteiger partial charge in [0.25, 0.3) is 0 Å². The van der Waals surface area contributed by atoms with Gasteiger partial charge in [0.1, 0.15) is 0 Å². The summed E-state index contributed by atoms with van der Waals surface area (Å²) in [6, 6.07) is 5.82. The number of thiophene rings is 1. The maximum atomic E-state index is 4.39. The Bertz CT molecular complexity index is 526. The number of nitrogens with one attached hydrogen (secondary N) is 2. The lowest BCUT2D eigenvalue weighted by Crippen LogP contribution is -2.46. The lowest BCUT2D eigenvalue weighted by atomic mass is 10.1. The molecule has 2 fully saturated rings. The van der Waals surface area contributed by atoms with Crippen LogP contribution in [0, 0.1) is 5.92 Å². The summed E-state index contributed by atoms with van der Waals surface area (Å²) in [5.74, 6) is 1.62. The standard InChI is InChI=1S/C17H28N4S.HI/c1-4-14-7-8-15(22-14)9-19-17(18-3)20-16-11-21(10-12(16)2)13-5-6-13;/h7-8,12-13,16H,4-6,9-11H2,1-3H3,(H2,18,19,20);1H. The van der Waals surface area contributed by atoms with Crippen LogP contribution in [0.3, 0.4) is 0 Å². The van der Waals surface area contributed by atoms with Gasteiger partial charge in [0.05, 0.1) is 6.54 Å². The van der Waals surface area contributed by atoms with E-state index in [0.29, 0.717) is 12.0 Å². The summed E-state index contributed by atoms with van der Waals surface area (Å²) in [7, 11) is 1.86. The number of rotatable bonds is 5. The molecule has 2 aliphatic rings. The molecule has 130 valence electrons. The van der Waals surface area contributed by atoms with Crippen molar-refractivity contribution in [1.29, 1.82) is 0 Å². The van der Waals surface area contributed by atoms with Gasteiger partial charge in [0.2, 0.25) is 0 Å². The van der Waals surface area contributed by atoms with Gasteiger partial charge in [-0.25, -0.2) is 0 Å². The van der Waals surface area contributed by atoms with Crippen molar-refractivity contribution in [1.82, 2.24) is 15.5 Å². The van der Waals surface area contributed by atoms with E-state index in [0.717, 1.165) is 31.5 Å². The van der Waals surface area contributed by atoms with E-state index in [9.17, 15) is 0 Å². The van der Waals surface area contributed by atoms with Crippen molar-refractivity contribution in [3.05, 3.63) is 21.9 Å². The first-order chi connectivity index (χ1) is 10.7. The third-order valence-corrected chi connectivity index (χ3v) is 5.97. The molecule has 2 atom stereocenters. The van der Waals surface area contributed by atoms with Crippen LogP contribution >= 0.6 is 35.3 Å². The van der Waals surface area contributed by atoms with Crippen LogP contribution in [0.2, 0.25) is 0 Å². The van der Waals surface area contributed by atoms with Crippen molar-refractivity contribution < 1.29 is 0 Å². The van der Waals surface area contributed by atoms with E-state index in [1.807, 2.05) is 18.4 Å². The molecule has 6 heteroatoms. The Kier molecular flexibility index (Phi) is 7.16. The summed E-state index contributed by atoms with van der Waals surface area (Å²) in [5, 5.41) is 7.08. The van der Waals surface area contributed by atoms with Crippen LogP contribution < -0.4 is 10.6 Å². The molecule has 2 N–H and O–H groups in total. The number of hydrogen-bond donors (Lipinski definition) is 2. The number of aryl methyl sites for hydroxylation is 1. The molecule has 0 aromatic carbocycles. The molecule has 1 saturated carbocycles. The Morgan fingerprint density at radius 1 is 1.30 bits per heavy atom. The van der Waals surface area contributed by atoms with Crippen molar-refractivity contribution >= 4 is 41.3 Å². The molecule has 2 unspecified atom stereocenters. The fourth-order valence-corrected chi connectivity index (χ4v) is 4.08. The summed E-state index contributed by atoms with van der Waals surface area (Å²) >= 11 is 1.89. The Balaban J connectivity index is 0.00000192. The predicted octanol–water partition coefficient (Wildman–Crippen LogP) is 3.08. The summed E-state index contributed by atoms with van der Waals surface area (Å²) in [6.45, 7) is 7.80. The SMILES string of the molecule is CCc1ccc(CNC(=NC)NC2CN(C3CC3)CC2C)s1.I. The molecule has 4 nitrogen and oxygen atoms in total. The number of nitrogens with zero attached hydrogens (tertiary/aromatic N) is 2. The highest BCUT2D eigenvalue weighted by Gasteiger charge is 2.38. The van der Waals surface area contributed by atoms with E-state index in [1.165, 1.54) is 29.1 Å². The second kappa shape index (κ2) is 8.67.